The molecule has 15 heteroatoms. The van der Waals surface area contributed by atoms with Crippen molar-refractivity contribution in [3.8, 4) is 5.75 Å². The van der Waals surface area contributed by atoms with E-state index in [1.54, 1.807) is 12.1 Å². The third-order valence-electron chi connectivity index (χ3n) is 6.45. The Hall–Kier alpha value is -4.40. The number of hydrogen-bond acceptors (Lipinski definition) is 3. The lowest BCUT2D eigenvalue weighted by Crippen LogP contribution is -2.58. The van der Waals surface area contributed by atoms with E-state index in [0.717, 1.165) is 18.2 Å². The average Bonchev–Trinajstić information content (AvgIpc) is 2.99. The number of likely N-dealkylation sites (N-methyl/N-ethyl adjacent to an activating group) is 1. The van der Waals surface area contributed by atoms with Crippen LogP contribution in [0.25, 0.3) is 0 Å². The van der Waals surface area contributed by atoms with Crippen molar-refractivity contribution in [2.75, 3.05) is 34.3 Å². The monoisotopic (exact) mass is 628 g/mol. The maximum Gasteiger partial charge on any atom is 0.260 e. The molecule has 0 aliphatic heterocycles. The number of nitrogens with zero attached hydrogens (tertiary/aromatic N) is 3. The summed E-state index contributed by atoms with van der Waals surface area (Å²) < 4.78 is 151. The average molecular weight is 628 g/mol. The molecule has 0 unspecified atom stereocenters. The van der Waals surface area contributed by atoms with Crippen molar-refractivity contribution < 1.29 is 53.1 Å². The minimum atomic E-state index is -2.77. The number of benzene rings is 4. The topological polar surface area (TPSA) is 34.0 Å². The molecule has 230 valence electrons. The lowest BCUT2D eigenvalue weighted by atomic mass is 9.36. The molecule has 0 aliphatic rings. The van der Waals surface area contributed by atoms with Crippen LogP contribution in [0.1, 0.15) is 0 Å². The largest absolute Gasteiger partial charge is 0.488 e. The van der Waals surface area contributed by atoms with E-state index in [0.29, 0.717) is 23.4 Å². The fourth-order valence-electron chi connectivity index (χ4n) is 4.19. The first-order chi connectivity index (χ1) is 20.6. The fourth-order valence-corrected chi connectivity index (χ4v) is 4.19. The molecule has 0 saturated heterocycles. The van der Waals surface area contributed by atoms with Gasteiger partial charge in [0, 0.05) is 10.9 Å². The maximum atomic E-state index is 15.0. The van der Waals surface area contributed by atoms with E-state index in [9.17, 15) is 26.3 Å². The van der Waals surface area contributed by atoms with Gasteiger partial charge in [-0.3, -0.25) is 0 Å². The van der Waals surface area contributed by atoms with Gasteiger partial charge in [0.25, 0.3) is 6.71 Å². The molecule has 0 saturated carbocycles. The van der Waals surface area contributed by atoms with Crippen molar-refractivity contribution in [2.24, 2.45) is 10.2 Å². The van der Waals surface area contributed by atoms with Gasteiger partial charge in [0.2, 0.25) is 0 Å². The third kappa shape index (κ3) is 6.42. The molecule has 4 aromatic rings. The molecule has 4 aromatic carbocycles. The van der Waals surface area contributed by atoms with Gasteiger partial charge in [-0.05, 0) is 35.8 Å². The number of rotatable bonds is 9. The summed E-state index contributed by atoms with van der Waals surface area (Å²) in [5.41, 5.74) is -4.72. The first kappa shape index (κ1) is 32.5. The smallest absolute Gasteiger partial charge is 0.260 e. The van der Waals surface area contributed by atoms with Crippen LogP contribution in [0.15, 0.2) is 58.8 Å². The molecule has 0 atom stereocenters. The zero-order valence-electron chi connectivity index (χ0n) is 23.1. The predicted octanol–water partition coefficient (Wildman–Crippen LogP) is 6.09. The Morgan fingerprint density at radius 2 is 1.00 bits per heavy atom. The van der Waals surface area contributed by atoms with Gasteiger partial charge in [0.15, 0.2) is 58.2 Å². The number of quaternary nitrogens is 1. The Bertz CT molecular complexity index is 1620. The van der Waals surface area contributed by atoms with Crippen LogP contribution in [0.3, 0.4) is 0 Å². The third-order valence-corrected chi connectivity index (χ3v) is 6.45. The first-order valence-electron chi connectivity index (χ1n) is 12.7. The maximum absolute atomic E-state index is 15.0. The Kier molecular flexibility index (Phi) is 9.37. The second-order valence-corrected chi connectivity index (χ2v) is 10.5. The van der Waals surface area contributed by atoms with Gasteiger partial charge in [0.05, 0.1) is 32.5 Å². The van der Waals surface area contributed by atoms with Gasteiger partial charge in [-0.2, -0.15) is 10.2 Å². The Balaban J connectivity index is 1.87. The van der Waals surface area contributed by atoms with Crippen molar-refractivity contribution in [3.05, 3.63) is 107 Å². The first-order valence-corrected chi connectivity index (χ1v) is 12.7. The van der Waals surface area contributed by atoms with Gasteiger partial charge in [0.1, 0.15) is 18.9 Å². The zero-order valence-corrected chi connectivity index (χ0v) is 23.1. The summed E-state index contributed by atoms with van der Waals surface area (Å²) in [4.78, 5) is 0. The van der Waals surface area contributed by atoms with Crippen LogP contribution in [0.2, 0.25) is 0 Å². The Labute approximate surface area is 244 Å². The zero-order chi connectivity index (χ0) is 32.5. The van der Waals surface area contributed by atoms with Crippen LogP contribution in [-0.4, -0.2) is 45.5 Å². The predicted molar refractivity (Wildman–Crippen MR) is 143 cm³/mol. The van der Waals surface area contributed by atoms with E-state index in [1.807, 2.05) is 21.1 Å². The summed E-state index contributed by atoms with van der Waals surface area (Å²) in [7, 11) is 5.94. The molecular formula is C29H21BF10N3O+. The van der Waals surface area contributed by atoms with E-state index in [-0.39, 0.29) is 5.69 Å². The highest BCUT2D eigenvalue weighted by atomic mass is 19.2. The minimum absolute atomic E-state index is 0.169. The second-order valence-electron chi connectivity index (χ2n) is 10.5. The molecule has 0 N–H and O–H groups in total. The highest BCUT2D eigenvalue weighted by Gasteiger charge is 2.41. The summed E-state index contributed by atoms with van der Waals surface area (Å²) in [6.07, 6.45) is 0. The lowest BCUT2D eigenvalue weighted by Gasteiger charge is -2.23. The standard InChI is InChI=1S/C29H21BF10N3O/c1-43(2,3)12-13-44-15-10-8-14(9-11-15)41-42-17-7-5-4-6-16(17)30(18-20(31)24(35)28(39)25(36)21(18)32)19-22(33)26(37)29(40)27(38)23(19)34/h4-11H,12-13H2,1-3H3/q+1. The van der Waals surface area contributed by atoms with Crippen molar-refractivity contribution in [1.82, 2.24) is 0 Å². The van der Waals surface area contributed by atoms with E-state index in [1.165, 1.54) is 18.2 Å². The molecule has 0 heterocycles. The number of halogens is 10. The molecule has 4 rings (SSSR count). The van der Waals surface area contributed by atoms with Crippen LogP contribution in [-0.2, 0) is 0 Å². The number of ether oxygens (including phenoxy) is 1. The highest BCUT2D eigenvalue weighted by Crippen LogP contribution is 2.24. The Morgan fingerprint density at radius 1 is 0.568 bits per heavy atom. The van der Waals surface area contributed by atoms with E-state index in [4.69, 9.17) is 4.74 Å². The SMILES string of the molecule is C[N+](C)(C)CCOc1ccc(N=Nc2ccccc2B(c2c(F)c(F)c(F)c(F)c2F)c2c(F)c(F)c(F)c(F)c2F)cc1. The lowest BCUT2D eigenvalue weighted by molar-refractivity contribution is -0.870. The molecule has 0 amide bonds. The minimum Gasteiger partial charge on any atom is -0.488 e. The second kappa shape index (κ2) is 12.7. The van der Waals surface area contributed by atoms with Gasteiger partial charge in [-0.1, -0.05) is 18.2 Å². The molecule has 0 aromatic heterocycles. The molecule has 0 aliphatic carbocycles. The van der Waals surface area contributed by atoms with Gasteiger partial charge >= 0.3 is 0 Å². The van der Waals surface area contributed by atoms with Gasteiger partial charge < -0.3 is 9.22 Å². The number of hydrogen-bond donors (Lipinski definition) is 0. The van der Waals surface area contributed by atoms with Crippen molar-refractivity contribution in [1.29, 1.82) is 0 Å². The summed E-state index contributed by atoms with van der Waals surface area (Å²) in [6.45, 7) is -1.67. The molecule has 0 fully saturated rings. The number of azo groups is 1. The van der Waals surface area contributed by atoms with Crippen molar-refractivity contribution in [3.63, 3.8) is 0 Å². The normalized spacial score (nSPS) is 11.8. The molecule has 0 radical (unpaired) electrons. The van der Waals surface area contributed by atoms with Crippen LogP contribution >= 0.6 is 0 Å². The molecule has 44 heavy (non-hydrogen) atoms. The molecule has 0 spiro atoms. The van der Waals surface area contributed by atoms with Crippen LogP contribution in [0.5, 0.6) is 5.75 Å². The molecular weight excluding hydrogens is 607 g/mol. The summed E-state index contributed by atoms with van der Waals surface area (Å²) >= 11 is 0. The quantitative estimate of drug-likeness (QED) is 0.0552. The molecule has 4 nitrogen and oxygen atoms in total. The summed E-state index contributed by atoms with van der Waals surface area (Å²) in [6, 6.07) is 10.4. The summed E-state index contributed by atoms with van der Waals surface area (Å²) in [5, 5.41) is 7.82. The Morgan fingerprint density at radius 3 is 1.45 bits per heavy atom. The van der Waals surface area contributed by atoms with E-state index in [2.05, 4.69) is 10.2 Å². The van der Waals surface area contributed by atoms with Crippen molar-refractivity contribution in [2.45, 2.75) is 0 Å². The van der Waals surface area contributed by atoms with E-state index < -0.39 is 87.0 Å². The van der Waals surface area contributed by atoms with Crippen LogP contribution in [0.4, 0.5) is 55.3 Å². The van der Waals surface area contributed by atoms with Crippen LogP contribution in [0, 0.1) is 58.2 Å². The van der Waals surface area contributed by atoms with Gasteiger partial charge in [-0.15, -0.1) is 0 Å². The van der Waals surface area contributed by atoms with Crippen molar-refractivity contribution >= 4 is 34.5 Å². The summed E-state index contributed by atoms with van der Waals surface area (Å²) in [5.74, 6) is -24.9. The van der Waals surface area contributed by atoms with Gasteiger partial charge in [-0.25, -0.2) is 43.9 Å². The fraction of sp³-hybridized carbons (Fsp3) is 0.172. The van der Waals surface area contributed by atoms with Crippen LogP contribution < -0.4 is 21.1 Å². The highest BCUT2D eigenvalue weighted by molar-refractivity contribution is 6.96. The molecule has 0 bridgehead atoms. The van der Waals surface area contributed by atoms with E-state index >= 15 is 17.6 Å².